The number of ether oxygens (including phenoxy) is 1. The summed E-state index contributed by atoms with van der Waals surface area (Å²) >= 11 is 3.47. The van der Waals surface area contributed by atoms with Crippen LogP contribution in [0.3, 0.4) is 0 Å². The Morgan fingerprint density at radius 3 is 2.60 bits per heavy atom. The van der Waals surface area contributed by atoms with Crippen LogP contribution in [0.1, 0.15) is 54.8 Å². The van der Waals surface area contributed by atoms with E-state index in [2.05, 4.69) is 21.2 Å². The smallest absolute Gasteiger partial charge is 0.242 e. The molecule has 0 radical (unpaired) electrons. The van der Waals surface area contributed by atoms with Crippen molar-refractivity contribution in [2.45, 2.75) is 61.6 Å². The molecule has 0 saturated heterocycles. The zero-order valence-corrected chi connectivity index (χ0v) is 19.6. The van der Waals surface area contributed by atoms with E-state index in [0.717, 1.165) is 34.2 Å². The van der Waals surface area contributed by atoms with Gasteiger partial charge in [0.15, 0.2) is 14.6 Å². The minimum Gasteiger partial charge on any atom is -0.493 e. The summed E-state index contributed by atoms with van der Waals surface area (Å²) < 4.78 is 32.8. The molecule has 7 heteroatoms. The molecule has 0 spiro atoms. The zero-order chi connectivity index (χ0) is 21.5. The maximum Gasteiger partial charge on any atom is 0.242 e. The molecule has 2 aromatic carbocycles. The van der Waals surface area contributed by atoms with E-state index in [1.807, 2.05) is 37.3 Å². The molecule has 1 aliphatic heterocycles. The average Bonchev–Trinajstić information content (AvgIpc) is 3.22. The number of carbonyl (C=O) groups excluding carboxylic acids is 1. The van der Waals surface area contributed by atoms with E-state index >= 15 is 0 Å². The molecule has 1 heterocycles. The summed E-state index contributed by atoms with van der Waals surface area (Å²) in [5.74, 6) is 0.339. The molecule has 1 saturated carbocycles. The number of hydrogen-bond acceptors (Lipinski definition) is 4. The van der Waals surface area contributed by atoms with Gasteiger partial charge in [-0.3, -0.25) is 4.79 Å². The molecule has 1 aliphatic carbocycles. The summed E-state index contributed by atoms with van der Waals surface area (Å²) in [6.07, 6.45) is 2.77. The number of benzene rings is 2. The van der Waals surface area contributed by atoms with Crippen molar-refractivity contribution in [3.05, 3.63) is 57.6 Å². The molecule has 0 aromatic heterocycles. The van der Waals surface area contributed by atoms with Crippen molar-refractivity contribution in [1.82, 2.24) is 5.32 Å². The Morgan fingerprint density at radius 1 is 1.13 bits per heavy atom. The minimum absolute atomic E-state index is 0.273. The highest BCUT2D eigenvalue weighted by atomic mass is 79.9. The summed E-state index contributed by atoms with van der Waals surface area (Å²) in [6, 6.07) is 10.8. The van der Waals surface area contributed by atoms with Gasteiger partial charge in [-0.25, -0.2) is 8.42 Å². The Morgan fingerprint density at radius 2 is 1.87 bits per heavy atom. The van der Waals surface area contributed by atoms with E-state index in [4.69, 9.17) is 4.74 Å². The summed E-state index contributed by atoms with van der Waals surface area (Å²) in [7, 11) is -3.84. The maximum absolute atomic E-state index is 13.8. The number of nitrogens with one attached hydrogen (secondary N) is 1. The van der Waals surface area contributed by atoms with Gasteiger partial charge in [-0.05, 0) is 62.1 Å². The van der Waals surface area contributed by atoms with Crippen LogP contribution in [0, 0.1) is 13.8 Å². The highest BCUT2D eigenvalue weighted by Gasteiger charge is 2.53. The molecule has 30 heavy (non-hydrogen) atoms. The number of aryl methyl sites for hydroxylation is 2. The zero-order valence-electron chi connectivity index (χ0n) is 17.2. The molecule has 4 rings (SSSR count). The van der Waals surface area contributed by atoms with Crippen LogP contribution < -0.4 is 10.1 Å². The molecule has 2 aliphatic rings. The van der Waals surface area contributed by atoms with Crippen molar-refractivity contribution >= 4 is 31.7 Å². The SMILES string of the molecule is Cc1ccc(C)c(S(=O)(=O)C2(C(=O)NC3CCOc4ccc(Br)cc43)CCCC2)c1. The normalized spacial score (nSPS) is 20.3. The summed E-state index contributed by atoms with van der Waals surface area (Å²) in [4.78, 5) is 13.9. The molecule has 1 fully saturated rings. The van der Waals surface area contributed by atoms with Crippen molar-refractivity contribution in [1.29, 1.82) is 0 Å². The molecular weight excluding hydrogens is 466 g/mol. The first-order valence-corrected chi connectivity index (χ1v) is 12.6. The molecule has 0 bridgehead atoms. The Bertz CT molecular complexity index is 1090. The Balaban J connectivity index is 1.71. The summed E-state index contributed by atoms with van der Waals surface area (Å²) in [5.41, 5.74) is 2.43. The molecule has 1 atom stereocenters. The van der Waals surface area contributed by atoms with Crippen LogP contribution in [0.4, 0.5) is 0 Å². The van der Waals surface area contributed by atoms with Gasteiger partial charge in [-0.2, -0.15) is 0 Å². The molecule has 2 aromatic rings. The molecule has 1 amide bonds. The third-order valence-electron chi connectivity index (χ3n) is 6.29. The van der Waals surface area contributed by atoms with Crippen LogP contribution in [0.2, 0.25) is 0 Å². The van der Waals surface area contributed by atoms with E-state index in [1.54, 1.807) is 13.0 Å². The van der Waals surface area contributed by atoms with Gasteiger partial charge in [0, 0.05) is 16.5 Å². The molecule has 1 N–H and O–H groups in total. The Hall–Kier alpha value is -1.86. The van der Waals surface area contributed by atoms with Crippen LogP contribution in [0.5, 0.6) is 5.75 Å². The van der Waals surface area contributed by atoms with Gasteiger partial charge >= 0.3 is 0 Å². The second kappa shape index (κ2) is 8.00. The van der Waals surface area contributed by atoms with Crippen LogP contribution in [-0.4, -0.2) is 25.7 Å². The fraction of sp³-hybridized carbons (Fsp3) is 0.435. The van der Waals surface area contributed by atoms with Crippen molar-refractivity contribution in [3.8, 4) is 5.75 Å². The van der Waals surface area contributed by atoms with E-state index < -0.39 is 20.5 Å². The van der Waals surface area contributed by atoms with Crippen molar-refractivity contribution in [2.24, 2.45) is 0 Å². The first kappa shape index (κ1) is 21.4. The first-order valence-electron chi connectivity index (χ1n) is 10.3. The quantitative estimate of drug-likeness (QED) is 0.666. The van der Waals surface area contributed by atoms with Crippen LogP contribution in [0.25, 0.3) is 0 Å². The largest absolute Gasteiger partial charge is 0.493 e. The van der Waals surface area contributed by atoms with Crippen LogP contribution in [-0.2, 0) is 14.6 Å². The number of rotatable bonds is 4. The van der Waals surface area contributed by atoms with Gasteiger partial charge in [0.1, 0.15) is 5.75 Å². The molecule has 5 nitrogen and oxygen atoms in total. The van der Waals surface area contributed by atoms with Crippen molar-refractivity contribution in [2.75, 3.05) is 6.61 Å². The lowest BCUT2D eigenvalue weighted by molar-refractivity contribution is -0.124. The topological polar surface area (TPSA) is 72.5 Å². The second-order valence-corrected chi connectivity index (χ2v) is 11.5. The Labute approximate surface area is 186 Å². The lowest BCUT2D eigenvalue weighted by atomic mass is 9.98. The number of halogens is 1. The second-order valence-electron chi connectivity index (χ2n) is 8.32. The van der Waals surface area contributed by atoms with Gasteiger partial charge in [0.25, 0.3) is 0 Å². The van der Waals surface area contributed by atoms with Gasteiger partial charge < -0.3 is 10.1 Å². The number of carbonyl (C=O) groups is 1. The molecule has 160 valence electrons. The van der Waals surface area contributed by atoms with Crippen LogP contribution >= 0.6 is 15.9 Å². The highest BCUT2D eigenvalue weighted by molar-refractivity contribution is 9.10. The van der Waals surface area contributed by atoms with E-state index in [-0.39, 0.29) is 10.9 Å². The van der Waals surface area contributed by atoms with Gasteiger partial charge in [-0.15, -0.1) is 0 Å². The van der Waals surface area contributed by atoms with E-state index in [0.29, 0.717) is 31.4 Å². The molecular formula is C23H26BrNO4S. The molecule has 1 unspecified atom stereocenters. The number of amides is 1. The van der Waals surface area contributed by atoms with Crippen molar-refractivity contribution < 1.29 is 17.9 Å². The average molecular weight is 492 g/mol. The summed E-state index contributed by atoms with van der Waals surface area (Å²) in [6.45, 7) is 4.14. The number of sulfone groups is 1. The van der Waals surface area contributed by atoms with Gasteiger partial charge in [-0.1, -0.05) is 40.9 Å². The van der Waals surface area contributed by atoms with Crippen molar-refractivity contribution in [3.63, 3.8) is 0 Å². The Kier molecular flexibility index (Phi) is 5.70. The number of fused-ring (bicyclic) bond motifs is 1. The first-order chi connectivity index (χ1) is 14.2. The van der Waals surface area contributed by atoms with E-state index in [1.165, 1.54) is 0 Å². The standard InChI is InChI=1S/C23H26BrNO4S/c1-15-5-6-16(2)21(13-15)30(27,28)23(10-3-4-11-23)22(26)25-19-9-12-29-20-8-7-17(24)14-18(19)20/h5-8,13-14,19H,3-4,9-12H2,1-2H3,(H,25,26). The van der Waals surface area contributed by atoms with Gasteiger partial charge in [0.2, 0.25) is 5.91 Å². The maximum atomic E-state index is 13.8. The van der Waals surface area contributed by atoms with Gasteiger partial charge in [0.05, 0.1) is 17.5 Å². The predicted molar refractivity (Wildman–Crippen MR) is 119 cm³/mol. The number of hydrogen-bond donors (Lipinski definition) is 1. The lowest BCUT2D eigenvalue weighted by Gasteiger charge is -2.33. The summed E-state index contributed by atoms with van der Waals surface area (Å²) in [5, 5.41) is 3.08. The van der Waals surface area contributed by atoms with Crippen LogP contribution in [0.15, 0.2) is 45.8 Å². The fourth-order valence-corrected chi connectivity index (χ4v) is 7.34. The monoisotopic (exact) mass is 491 g/mol. The third kappa shape index (κ3) is 3.56. The predicted octanol–water partition coefficient (Wildman–Crippen LogP) is 4.79. The lowest BCUT2D eigenvalue weighted by Crippen LogP contribution is -2.52. The highest BCUT2D eigenvalue weighted by Crippen LogP contribution is 2.43. The fourth-order valence-electron chi connectivity index (χ4n) is 4.58. The third-order valence-corrected chi connectivity index (χ3v) is 9.42. The van der Waals surface area contributed by atoms with E-state index in [9.17, 15) is 13.2 Å². The minimum atomic E-state index is -3.84.